The van der Waals surface area contributed by atoms with Crippen molar-refractivity contribution in [3.63, 3.8) is 0 Å². The molecule has 13 nitrogen and oxygen atoms in total. The minimum absolute atomic E-state index is 0.00940. The van der Waals surface area contributed by atoms with Crippen LogP contribution in [0.1, 0.15) is 24.0 Å². The quantitative estimate of drug-likeness (QED) is 0.142. The molecule has 2 aromatic rings. The number of hydrogen-bond donors (Lipinski definition) is 7. The molecule has 0 heterocycles. The van der Waals surface area contributed by atoms with Gasteiger partial charge in [-0.1, -0.05) is 13.0 Å². The first kappa shape index (κ1) is 30.9. The number of aromatic hydroxyl groups is 1. The van der Waals surface area contributed by atoms with Gasteiger partial charge >= 0.3 is 0 Å². The van der Waals surface area contributed by atoms with Gasteiger partial charge in [0.15, 0.2) is 11.4 Å². The Bertz CT molecular complexity index is 1670. The first-order valence-electron chi connectivity index (χ1n) is 13.5. The second-order valence-electron chi connectivity index (χ2n) is 11.2. The van der Waals surface area contributed by atoms with Crippen molar-refractivity contribution >= 4 is 46.3 Å². The van der Waals surface area contributed by atoms with E-state index in [1.54, 1.807) is 37.3 Å². The number of thiocarbonyl (C=S) groups is 1. The second kappa shape index (κ2) is 10.9. The molecule has 3 aliphatic rings. The van der Waals surface area contributed by atoms with Gasteiger partial charge in [-0.05, 0) is 68.1 Å². The summed E-state index contributed by atoms with van der Waals surface area (Å²) < 4.78 is 10.7. The van der Waals surface area contributed by atoms with E-state index in [-0.39, 0.29) is 16.4 Å². The molecule has 0 saturated heterocycles. The van der Waals surface area contributed by atoms with Gasteiger partial charge in [0.25, 0.3) is 11.1 Å². The van der Waals surface area contributed by atoms with E-state index in [2.05, 4.69) is 5.32 Å². The first-order chi connectivity index (χ1) is 20.7. The van der Waals surface area contributed by atoms with Gasteiger partial charge in [-0.25, -0.2) is 0 Å². The molecule has 6 atom stereocenters. The Hall–Kier alpha value is -4.50. The van der Waals surface area contributed by atoms with Crippen LogP contribution < -0.4 is 20.5 Å². The molecule has 0 aromatic heterocycles. The maximum absolute atomic E-state index is 14.1. The lowest BCUT2D eigenvalue weighted by Gasteiger charge is -2.53. The Balaban J connectivity index is 1.60. The number of primary amides is 1. The average molecular weight is 626 g/mol. The van der Waals surface area contributed by atoms with Gasteiger partial charge in [-0.2, -0.15) is 0 Å². The SMILES string of the molecule is COc1ccc(OC(=S)Nc2ccc3c(c2O)C(O)=C2C(=O)[C@]4(O)C(O)=C(C(N)=O)C(=O)[C@@H](N(C)C)C4[C@@H](O)C2[C@H]3C)cc1. The minimum atomic E-state index is -3.00. The van der Waals surface area contributed by atoms with Gasteiger partial charge in [0.2, 0.25) is 5.78 Å². The van der Waals surface area contributed by atoms with Crippen LogP contribution in [0, 0.1) is 11.8 Å². The molecule has 8 N–H and O–H groups in total. The number of aliphatic hydroxyl groups excluding tert-OH is 3. The highest BCUT2D eigenvalue weighted by Crippen LogP contribution is 2.56. The van der Waals surface area contributed by atoms with Crippen LogP contribution in [0.25, 0.3) is 5.76 Å². The summed E-state index contributed by atoms with van der Waals surface area (Å²) in [6.45, 7) is 1.64. The highest BCUT2D eigenvalue weighted by Gasteiger charge is 2.68. The Kier molecular flexibility index (Phi) is 7.66. The van der Waals surface area contributed by atoms with Crippen molar-refractivity contribution < 1.29 is 49.4 Å². The molecule has 2 unspecified atom stereocenters. The highest BCUT2D eigenvalue weighted by atomic mass is 32.1. The van der Waals surface area contributed by atoms with Crippen molar-refractivity contribution in [3.05, 3.63) is 64.4 Å². The monoisotopic (exact) mass is 625 g/mol. The molecule has 0 bridgehead atoms. The molecule has 2 aromatic carbocycles. The van der Waals surface area contributed by atoms with Crippen molar-refractivity contribution in [1.29, 1.82) is 0 Å². The molecule has 1 amide bonds. The fraction of sp³-hybridized carbons (Fsp3) is 0.333. The van der Waals surface area contributed by atoms with Crippen LogP contribution in [-0.4, -0.2) is 92.0 Å². The number of aliphatic hydroxyl groups is 4. The molecule has 0 spiro atoms. The summed E-state index contributed by atoms with van der Waals surface area (Å²) >= 11 is 5.27. The summed E-state index contributed by atoms with van der Waals surface area (Å²) in [5, 5.41) is 59.8. The molecule has 14 heteroatoms. The predicted octanol–water partition coefficient (Wildman–Crippen LogP) is 1.28. The number of anilines is 1. The number of nitrogens with two attached hydrogens (primary N) is 1. The number of phenols is 1. The number of fused-ring (bicyclic) bond motifs is 3. The number of carbonyl (C=O) groups is 3. The fourth-order valence-electron chi connectivity index (χ4n) is 6.60. The van der Waals surface area contributed by atoms with Gasteiger partial charge in [0, 0.05) is 11.5 Å². The fourth-order valence-corrected chi connectivity index (χ4v) is 6.81. The summed E-state index contributed by atoms with van der Waals surface area (Å²) in [5.41, 5.74) is 1.04. The smallest absolute Gasteiger partial charge is 0.266 e. The summed E-state index contributed by atoms with van der Waals surface area (Å²) in [6, 6.07) is 8.15. The van der Waals surface area contributed by atoms with Crippen LogP contribution >= 0.6 is 12.2 Å². The normalized spacial score (nSPS) is 27.8. The topological polar surface area (TPSA) is 212 Å². The van der Waals surface area contributed by atoms with Crippen molar-refractivity contribution in [1.82, 2.24) is 4.90 Å². The van der Waals surface area contributed by atoms with Gasteiger partial charge in [0.05, 0.1) is 36.4 Å². The molecule has 0 aliphatic heterocycles. The molecule has 1 fully saturated rings. The van der Waals surface area contributed by atoms with Crippen LogP contribution in [0.2, 0.25) is 0 Å². The number of nitrogens with one attached hydrogen (secondary N) is 1. The lowest BCUT2D eigenvalue weighted by atomic mass is 9.54. The molecule has 0 radical (unpaired) electrons. The van der Waals surface area contributed by atoms with Crippen LogP contribution in [0.3, 0.4) is 0 Å². The van der Waals surface area contributed by atoms with E-state index in [1.807, 2.05) is 0 Å². The molecule has 3 aliphatic carbocycles. The number of amides is 1. The summed E-state index contributed by atoms with van der Waals surface area (Å²) in [7, 11) is 4.40. The van der Waals surface area contributed by atoms with Crippen LogP contribution in [-0.2, 0) is 14.4 Å². The van der Waals surface area contributed by atoms with Crippen molar-refractivity contribution in [2.45, 2.75) is 30.6 Å². The minimum Gasteiger partial charge on any atom is -0.508 e. The molecular formula is C30H31N3O10S. The van der Waals surface area contributed by atoms with E-state index in [1.165, 1.54) is 32.2 Å². The third-order valence-electron chi connectivity index (χ3n) is 8.64. The molecule has 232 valence electrons. The number of methoxy groups -OCH3 is 1. The van der Waals surface area contributed by atoms with Crippen LogP contribution in [0.15, 0.2) is 53.3 Å². The zero-order valence-electron chi connectivity index (χ0n) is 24.1. The highest BCUT2D eigenvalue weighted by molar-refractivity contribution is 7.80. The molecular weight excluding hydrogens is 594 g/mol. The average Bonchev–Trinajstić information content (AvgIpc) is 2.96. The Morgan fingerprint density at radius 1 is 1.07 bits per heavy atom. The third-order valence-corrected chi connectivity index (χ3v) is 8.82. The van der Waals surface area contributed by atoms with Crippen LogP contribution in [0.4, 0.5) is 5.69 Å². The largest absolute Gasteiger partial charge is 0.508 e. The number of ether oxygens (including phenoxy) is 2. The van der Waals surface area contributed by atoms with Crippen molar-refractivity contribution in [2.75, 3.05) is 26.5 Å². The van der Waals surface area contributed by atoms with E-state index in [0.717, 1.165) is 0 Å². The van der Waals surface area contributed by atoms with Crippen LogP contribution in [0.5, 0.6) is 17.2 Å². The summed E-state index contributed by atoms with van der Waals surface area (Å²) in [5.74, 6) is -8.76. The van der Waals surface area contributed by atoms with E-state index >= 15 is 0 Å². The number of rotatable bonds is 5. The lowest BCUT2D eigenvalue weighted by molar-refractivity contribution is -0.169. The van der Waals surface area contributed by atoms with E-state index < -0.39 is 81.4 Å². The lowest BCUT2D eigenvalue weighted by Crippen LogP contribution is -2.70. The number of Topliss-reactive ketones (excluding diaryl/α,β-unsaturated/α-hetero) is 2. The predicted molar refractivity (Wildman–Crippen MR) is 160 cm³/mol. The third kappa shape index (κ3) is 4.40. The standard InChI is InChI=1S/C30H31N3O10S/c1-11-14-9-10-15(32-29(44)43-13-7-5-12(42-4)6-8-13)22(34)17(14)23(35)18-16(11)24(36)20-21(33(2)3)25(37)19(28(31)40)27(39)30(20,41)26(18)38/h5-11,16,20-21,24,34-36,39,41H,1-4H3,(H2,31,40)(H,32,44)/t11-,16?,20?,21-,24-,30-/m0/s1. The van der Waals surface area contributed by atoms with Gasteiger partial charge in [0.1, 0.15) is 34.3 Å². The summed E-state index contributed by atoms with van der Waals surface area (Å²) in [6.07, 6.45) is -1.68. The van der Waals surface area contributed by atoms with Gasteiger partial charge in [-0.3, -0.25) is 19.3 Å². The Labute approximate surface area is 256 Å². The number of nitrogens with zero attached hydrogens (tertiary/aromatic N) is 1. The molecule has 44 heavy (non-hydrogen) atoms. The van der Waals surface area contributed by atoms with E-state index in [9.17, 15) is 39.9 Å². The number of hydrogen-bond acceptors (Lipinski definition) is 12. The van der Waals surface area contributed by atoms with Crippen molar-refractivity contribution in [2.24, 2.45) is 17.6 Å². The number of likely N-dealkylation sites (N-methyl/N-ethyl adjacent to an activating group) is 1. The number of phenolic OH excluding ortho intramolecular Hbond substituents is 1. The molecule has 1 saturated carbocycles. The number of benzene rings is 2. The number of carbonyl (C=O) groups excluding carboxylic acids is 3. The van der Waals surface area contributed by atoms with E-state index in [4.69, 9.17) is 27.4 Å². The maximum atomic E-state index is 14.1. The Morgan fingerprint density at radius 3 is 2.25 bits per heavy atom. The van der Waals surface area contributed by atoms with Gasteiger partial charge < -0.3 is 46.1 Å². The Morgan fingerprint density at radius 2 is 1.68 bits per heavy atom. The van der Waals surface area contributed by atoms with Gasteiger partial charge in [-0.15, -0.1) is 0 Å². The number of ketones is 2. The zero-order chi connectivity index (χ0) is 32.4. The zero-order valence-corrected chi connectivity index (χ0v) is 24.9. The molecule has 5 rings (SSSR count). The van der Waals surface area contributed by atoms with Crippen molar-refractivity contribution in [3.8, 4) is 17.2 Å². The maximum Gasteiger partial charge on any atom is 0.266 e. The summed E-state index contributed by atoms with van der Waals surface area (Å²) in [4.78, 5) is 40.9. The van der Waals surface area contributed by atoms with E-state index in [0.29, 0.717) is 17.1 Å². The second-order valence-corrected chi connectivity index (χ2v) is 11.5. The first-order valence-corrected chi connectivity index (χ1v) is 13.9.